The fourth-order valence-electron chi connectivity index (χ4n) is 4.28. The third-order valence-electron chi connectivity index (χ3n) is 5.72. The highest BCUT2D eigenvalue weighted by Crippen LogP contribution is 2.45. The second kappa shape index (κ2) is 6.92. The molecule has 2 saturated heterocycles. The van der Waals surface area contributed by atoms with E-state index in [1.807, 2.05) is 12.2 Å². The molecule has 1 aromatic rings. The minimum atomic E-state index is -0.393. The molecule has 1 N–H and O–H groups in total. The lowest BCUT2D eigenvalue weighted by Crippen LogP contribution is -2.35. The fraction of sp³-hybridized carbons (Fsp3) is 0.579. The van der Waals surface area contributed by atoms with E-state index in [0.717, 1.165) is 25.7 Å². The first-order valence-corrected chi connectivity index (χ1v) is 9.47. The van der Waals surface area contributed by atoms with Crippen molar-refractivity contribution in [3.8, 4) is 0 Å². The third kappa shape index (κ3) is 3.07. The van der Waals surface area contributed by atoms with Gasteiger partial charge in [0.25, 0.3) is 5.56 Å². The molecule has 27 heavy (non-hydrogen) atoms. The molecule has 0 aromatic carbocycles. The van der Waals surface area contributed by atoms with Crippen LogP contribution in [0.4, 0.5) is 0 Å². The van der Waals surface area contributed by atoms with Gasteiger partial charge < -0.3 is 9.30 Å². The fourth-order valence-corrected chi connectivity index (χ4v) is 4.28. The Morgan fingerprint density at radius 1 is 0.926 bits per heavy atom. The van der Waals surface area contributed by atoms with E-state index >= 15 is 0 Å². The van der Waals surface area contributed by atoms with Crippen molar-refractivity contribution in [1.82, 2.24) is 14.5 Å². The number of aromatic amines is 1. The van der Waals surface area contributed by atoms with Crippen molar-refractivity contribution in [3.05, 3.63) is 44.8 Å². The topological polar surface area (TPSA) is 101 Å². The van der Waals surface area contributed by atoms with E-state index < -0.39 is 5.69 Å². The molecule has 144 valence electrons. The van der Waals surface area contributed by atoms with E-state index in [-0.39, 0.29) is 41.4 Å². The average Bonchev–Trinajstić information content (AvgIpc) is 3.31. The molecule has 2 bridgehead atoms. The van der Waals surface area contributed by atoms with E-state index in [2.05, 4.69) is 4.98 Å². The van der Waals surface area contributed by atoms with Gasteiger partial charge in [0.1, 0.15) is 0 Å². The Balaban J connectivity index is 1.22. The molecule has 0 unspecified atom stereocenters. The number of likely N-dealkylation sites (tertiary alicyclic amines) is 1. The van der Waals surface area contributed by atoms with Crippen LogP contribution >= 0.6 is 0 Å². The highest BCUT2D eigenvalue weighted by Gasteiger charge is 2.60. The second-order valence-corrected chi connectivity index (χ2v) is 7.51. The van der Waals surface area contributed by atoms with Crippen LogP contribution in [0.1, 0.15) is 31.2 Å². The maximum Gasteiger partial charge on any atom is 0.328 e. The first-order valence-electron chi connectivity index (χ1n) is 9.47. The van der Waals surface area contributed by atoms with E-state index in [0.29, 0.717) is 18.7 Å². The first-order chi connectivity index (χ1) is 13.0. The zero-order valence-electron chi connectivity index (χ0n) is 15.2. The van der Waals surface area contributed by atoms with Gasteiger partial charge in [0, 0.05) is 24.8 Å². The van der Waals surface area contributed by atoms with Gasteiger partial charge in [-0.15, -0.1) is 0 Å². The summed E-state index contributed by atoms with van der Waals surface area (Å²) < 4.78 is 7.13. The van der Waals surface area contributed by atoms with Gasteiger partial charge in [-0.05, 0) is 19.8 Å². The summed E-state index contributed by atoms with van der Waals surface area (Å²) in [4.78, 5) is 51.8. The SMILES string of the molecule is Cc1cn(CCCCCCN2C(=O)[C@@H]3[C@H](C2=O)[C@H]2C=C[C@@H]3O2)c(=O)[nH]c1=O. The number of H-pyrrole nitrogens is 1. The number of hydrogen-bond acceptors (Lipinski definition) is 5. The number of nitrogens with one attached hydrogen (secondary N) is 1. The number of hydrogen-bond donors (Lipinski definition) is 1. The summed E-state index contributed by atoms with van der Waals surface area (Å²) in [6, 6.07) is 0. The van der Waals surface area contributed by atoms with Crippen molar-refractivity contribution in [2.75, 3.05) is 6.54 Å². The molecule has 0 aliphatic carbocycles. The van der Waals surface area contributed by atoms with Gasteiger partial charge in [-0.3, -0.25) is 24.3 Å². The molecular formula is C19H23N3O5. The van der Waals surface area contributed by atoms with Crippen molar-refractivity contribution >= 4 is 11.8 Å². The number of nitrogens with zero attached hydrogens (tertiary/aromatic N) is 2. The van der Waals surface area contributed by atoms with E-state index in [4.69, 9.17) is 4.74 Å². The van der Waals surface area contributed by atoms with Crippen LogP contribution in [-0.2, 0) is 20.9 Å². The zero-order valence-corrected chi connectivity index (χ0v) is 15.2. The Labute approximate surface area is 155 Å². The summed E-state index contributed by atoms with van der Waals surface area (Å²) in [7, 11) is 0. The quantitative estimate of drug-likeness (QED) is 0.422. The molecule has 4 heterocycles. The lowest BCUT2D eigenvalue weighted by Gasteiger charge is -2.17. The number of imide groups is 1. The maximum atomic E-state index is 12.5. The van der Waals surface area contributed by atoms with E-state index in [9.17, 15) is 19.2 Å². The monoisotopic (exact) mass is 373 g/mol. The number of aromatic nitrogens is 2. The molecule has 4 rings (SSSR count). The molecule has 0 radical (unpaired) electrons. The number of carbonyl (C=O) groups excluding carboxylic acids is 2. The Bertz CT molecular complexity index is 885. The number of aryl methyl sites for hydroxylation is 2. The Hall–Kier alpha value is -2.48. The molecule has 8 nitrogen and oxygen atoms in total. The van der Waals surface area contributed by atoms with Crippen molar-refractivity contribution in [2.45, 2.75) is 51.4 Å². The van der Waals surface area contributed by atoms with Gasteiger partial charge in [0.15, 0.2) is 0 Å². The van der Waals surface area contributed by atoms with Crippen molar-refractivity contribution in [2.24, 2.45) is 11.8 Å². The Morgan fingerprint density at radius 2 is 1.52 bits per heavy atom. The summed E-state index contributed by atoms with van der Waals surface area (Å²) in [6.45, 7) is 2.65. The summed E-state index contributed by atoms with van der Waals surface area (Å²) >= 11 is 0. The molecule has 3 aliphatic heterocycles. The summed E-state index contributed by atoms with van der Waals surface area (Å²) in [6.07, 6.45) is 8.17. The molecule has 3 aliphatic rings. The number of unbranched alkanes of at least 4 members (excludes halogenated alkanes) is 3. The average molecular weight is 373 g/mol. The highest BCUT2D eigenvalue weighted by atomic mass is 16.5. The van der Waals surface area contributed by atoms with Gasteiger partial charge in [-0.2, -0.15) is 0 Å². The van der Waals surface area contributed by atoms with Crippen LogP contribution in [0.2, 0.25) is 0 Å². The number of rotatable bonds is 7. The predicted molar refractivity (Wildman–Crippen MR) is 96.0 cm³/mol. The Morgan fingerprint density at radius 3 is 2.15 bits per heavy atom. The van der Waals surface area contributed by atoms with Crippen LogP contribution < -0.4 is 11.2 Å². The third-order valence-corrected chi connectivity index (χ3v) is 5.72. The minimum absolute atomic E-state index is 0.0999. The number of ether oxygens (including phenoxy) is 1. The zero-order chi connectivity index (χ0) is 19.1. The van der Waals surface area contributed by atoms with Crippen molar-refractivity contribution < 1.29 is 14.3 Å². The van der Waals surface area contributed by atoms with Crippen molar-refractivity contribution in [3.63, 3.8) is 0 Å². The van der Waals surface area contributed by atoms with Gasteiger partial charge in [0.05, 0.1) is 24.0 Å². The van der Waals surface area contributed by atoms with Gasteiger partial charge >= 0.3 is 5.69 Å². The summed E-state index contributed by atoms with van der Waals surface area (Å²) in [5.74, 6) is -0.861. The molecule has 4 atom stereocenters. The first kappa shape index (κ1) is 17.9. The molecular weight excluding hydrogens is 350 g/mol. The predicted octanol–water partition coefficient (Wildman–Crippen LogP) is 0.344. The van der Waals surface area contributed by atoms with Crippen LogP contribution in [-0.4, -0.2) is 45.0 Å². The normalized spacial score (nSPS) is 28.4. The van der Waals surface area contributed by atoms with Gasteiger partial charge in [0.2, 0.25) is 11.8 Å². The van der Waals surface area contributed by atoms with Crippen LogP contribution in [0, 0.1) is 18.8 Å². The van der Waals surface area contributed by atoms with Crippen LogP contribution in [0.5, 0.6) is 0 Å². The van der Waals surface area contributed by atoms with E-state index in [1.54, 1.807) is 13.1 Å². The molecule has 8 heteroatoms. The largest absolute Gasteiger partial charge is 0.365 e. The highest BCUT2D eigenvalue weighted by molar-refractivity contribution is 6.06. The minimum Gasteiger partial charge on any atom is -0.365 e. The lowest BCUT2D eigenvalue weighted by atomic mass is 9.85. The standard InChI is InChI=1S/C19H23N3O5/c1-11-10-21(19(26)20-16(11)23)8-4-2-3-5-9-22-17(24)14-12-6-7-13(27-12)15(14)18(22)25/h6-7,10,12-15H,2-5,8-9H2,1H3,(H,20,23,26)/t12-,13+,14-,15+. The molecule has 1 aromatic heterocycles. The smallest absolute Gasteiger partial charge is 0.328 e. The van der Waals surface area contributed by atoms with Crippen LogP contribution in [0.3, 0.4) is 0 Å². The summed E-state index contributed by atoms with van der Waals surface area (Å²) in [5.41, 5.74) is -0.232. The number of carbonyl (C=O) groups is 2. The molecule has 0 saturated carbocycles. The molecule has 2 fully saturated rings. The van der Waals surface area contributed by atoms with Gasteiger partial charge in [-0.1, -0.05) is 25.0 Å². The lowest BCUT2D eigenvalue weighted by molar-refractivity contribution is -0.142. The maximum absolute atomic E-state index is 12.5. The molecule has 2 amide bonds. The van der Waals surface area contributed by atoms with Crippen molar-refractivity contribution in [1.29, 1.82) is 0 Å². The Kier molecular flexibility index (Phi) is 4.59. The van der Waals surface area contributed by atoms with Gasteiger partial charge in [-0.25, -0.2) is 4.79 Å². The number of amides is 2. The second-order valence-electron chi connectivity index (χ2n) is 7.51. The van der Waals surface area contributed by atoms with Crippen LogP contribution in [0.25, 0.3) is 0 Å². The van der Waals surface area contributed by atoms with Crippen LogP contribution in [0.15, 0.2) is 27.9 Å². The molecule has 0 spiro atoms. The number of fused-ring (bicyclic) bond motifs is 5. The van der Waals surface area contributed by atoms with E-state index in [1.165, 1.54) is 9.47 Å². The summed E-state index contributed by atoms with van der Waals surface area (Å²) in [5, 5.41) is 0.